The van der Waals surface area contributed by atoms with Crippen molar-refractivity contribution < 1.29 is 14.2 Å². The van der Waals surface area contributed by atoms with E-state index < -0.39 is 0 Å². The number of nitrogens with zero attached hydrogens (tertiary/aromatic N) is 5. The van der Waals surface area contributed by atoms with Crippen LogP contribution in [0.25, 0.3) is 16.9 Å². The molecule has 1 fully saturated rings. The molecule has 6 rings (SSSR count). The van der Waals surface area contributed by atoms with E-state index in [4.69, 9.17) is 19.2 Å². The number of benzene rings is 1. The minimum absolute atomic E-state index is 0.0846. The third-order valence-corrected chi connectivity index (χ3v) is 7.60. The topological polar surface area (TPSA) is 117 Å². The predicted octanol–water partition coefficient (Wildman–Crippen LogP) is 4.60. The molecular weight excluding hydrogens is 546 g/mol. The van der Waals surface area contributed by atoms with Gasteiger partial charge in [0.15, 0.2) is 5.65 Å². The van der Waals surface area contributed by atoms with Gasteiger partial charge in [-0.05, 0) is 66.8 Å². The molecule has 0 saturated heterocycles. The number of imidazole rings is 1. The molecule has 2 N–H and O–H groups in total. The predicted molar refractivity (Wildman–Crippen MR) is 165 cm³/mol. The molecule has 11 nitrogen and oxygen atoms in total. The normalized spacial score (nSPS) is 16.4. The summed E-state index contributed by atoms with van der Waals surface area (Å²) < 4.78 is 19.7. The van der Waals surface area contributed by atoms with Crippen LogP contribution in [0.5, 0.6) is 5.75 Å². The highest BCUT2D eigenvalue weighted by Gasteiger charge is 2.27. The van der Waals surface area contributed by atoms with Crippen molar-refractivity contribution in [2.24, 2.45) is 0 Å². The van der Waals surface area contributed by atoms with Crippen LogP contribution in [0.1, 0.15) is 30.4 Å². The number of methoxy groups -OCH3 is 2. The molecule has 1 aromatic carbocycles. The zero-order chi connectivity index (χ0) is 29.6. The van der Waals surface area contributed by atoms with E-state index in [1.54, 1.807) is 43.4 Å². The number of anilines is 2. The lowest BCUT2D eigenvalue weighted by molar-refractivity contribution is -0.0391. The maximum absolute atomic E-state index is 12.1. The maximum Gasteiger partial charge on any atom is 0.255 e. The smallest absolute Gasteiger partial charge is 0.255 e. The summed E-state index contributed by atoms with van der Waals surface area (Å²) in [6, 6.07) is 19.6. The first-order valence-electron chi connectivity index (χ1n) is 14.3. The second-order valence-electron chi connectivity index (χ2n) is 10.6. The van der Waals surface area contributed by atoms with Gasteiger partial charge in [0.25, 0.3) is 5.56 Å². The number of aromatic nitrogens is 5. The molecule has 2 atom stereocenters. The van der Waals surface area contributed by atoms with E-state index in [-0.39, 0.29) is 24.4 Å². The van der Waals surface area contributed by atoms with Crippen LogP contribution in [0.4, 0.5) is 11.8 Å². The van der Waals surface area contributed by atoms with Crippen LogP contribution in [-0.2, 0) is 22.6 Å². The number of ether oxygens (including phenoxy) is 3. The molecule has 4 aromatic heterocycles. The molecule has 1 aliphatic rings. The van der Waals surface area contributed by atoms with Crippen LogP contribution in [0.2, 0.25) is 0 Å². The van der Waals surface area contributed by atoms with Crippen LogP contribution in [-0.4, -0.2) is 57.2 Å². The van der Waals surface area contributed by atoms with Crippen LogP contribution in [0.3, 0.4) is 0 Å². The van der Waals surface area contributed by atoms with E-state index in [1.165, 1.54) is 6.07 Å². The van der Waals surface area contributed by atoms with Gasteiger partial charge in [0.1, 0.15) is 18.4 Å². The quantitative estimate of drug-likeness (QED) is 0.161. The lowest BCUT2D eigenvalue weighted by atomic mass is 10.2. The number of pyridine rings is 3. The second-order valence-corrected chi connectivity index (χ2v) is 10.6. The van der Waals surface area contributed by atoms with Crippen molar-refractivity contribution in [3.8, 4) is 11.4 Å². The van der Waals surface area contributed by atoms with Gasteiger partial charge in [0, 0.05) is 37.7 Å². The summed E-state index contributed by atoms with van der Waals surface area (Å²) in [6.07, 6.45) is 8.16. The maximum atomic E-state index is 12.1. The zero-order valence-corrected chi connectivity index (χ0v) is 24.3. The SMILES string of the molecule is COCOCc1cnc2nc(N[C@H]3CC[C@H](Nc4ccc(-n5ccccc5=O)cn4)C3)n(Cc3ccc(OC)cc3)c2c1. The Bertz CT molecular complexity index is 1720. The van der Waals surface area contributed by atoms with Crippen LogP contribution in [0, 0.1) is 0 Å². The molecule has 1 saturated carbocycles. The van der Waals surface area contributed by atoms with Crippen molar-refractivity contribution in [1.29, 1.82) is 0 Å². The summed E-state index contributed by atoms with van der Waals surface area (Å²) in [7, 11) is 3.27. The first-order chi connectivity index (χ1) is 21.1. The molecule has 0 amide bonds. The van der Waals surface area contributed by atoms with E-state index in [9.17, 15) is 4.79 Å². The van der Waals surface area contributed by atoms with Crippen molar-refractivity contribution in [3.05, 3.63) is 101 Å². The molecule has 5 aromatic rings. The molecule has 1 aliphatic carbocycles. The largest absolute Gasteiger partial charge is 0.497 e. The number of fused-ring (bicyclic) bond motifs is 1. The summed E-state index contributed by atoms with van der Waals surface area (Å²) in [5.74, 6) is 2.40. The summed E-state index contributed by atoms with van der Waals surface area (Å²) in [4.78, 5) is 26.2. The molecule has 4 heterocycles. The molecular formula is C32H35N7O4. The third-order valence-electron chi connectivity index (χ3n) is 7.60. The van der Waals surface area contributed by atoms with Crippen LogP contribution < -0.4 is 20.9 Å². The molecule has 0 radical (unpaired) electrons. The highest BCUT2D eigenvalue weighted by atomic mass is 16.7. The molecule has 11 heteroatoms. The van der Waals surface area contributed by atoms with Crippen molar-refractivity contribution in [3.63, 3.8) is 0 Å². The summed E-state index contributed by atoms with van der Waals surface area (Å²) in [5.41, 5.74) is 4.35. The second kappa shape index (κ2) is 13.1. The van der Waals surface area contributed by atoms with E-state index in [2.05, 4.69) is 43.4 Å². The molecule has 43 heavy (non-hydrogen) atoms. The van der Waals surface area contributed by atoms with E-state index in [0.717, 1.165) is 59.1 Å². The monoisotopic (exact) mass is 581 g/mol. The van der Waals surface area contributed by atoms with E-state index in [0.29, 0.717) is 18.8 Å². The molecule has 0 bridgehead atoms. The highest BCUT2D eigenvalue weighted by Crippen LogP contribution is 2.28. The van der Waals surface area contributed by atoms with Gasteiger partial charge in [0.05, 0.1) is 37.7 Å². The fraction of sp³-hybridized carbons (Fsp3) is 0.312. The summed E-state index contributed by atoms with van der Waals surface area (Å²) in [5, 5.41) is 7.26. The minimum Gasteiger partial charge on any atom is -0.497 e. The Morgan fingerprint density at radius 2 is 1.77 bits per heavy atom. The number of rotatable bonds is 12. The first kappa shape index (κ1) is 28.4. The van der Waals surface area contributed by atoms with Crippen molar-refractivity contribution in [2.75, 3.05) is 31.6 Å². The molecule has 0 spiro atoms. The van der Waals surface area contributed by atoms with Gasteiger partial charge in [-0.25, -0.2) is 9.97 Å². The fourth-order valence-electron chi connectivity index (χ4n) is 5.44. The van der Waals surface area contributed by atoms with Gasteiger partial charge in [-0.2, -0.15) is 4.98 Å². The average molecular weight is 582 g/mol. The Morgan fingerprint density at radius 3 is 2.51 bits per heavy atom. The van der Waals surface area contributed by atoms with Gasteiger partial charge in [-0.3, -0.25) is 9.36 Å². The van der Waals surface area contributed by atoms with Crippen LogP contribution >= 0.6 is 0 Å². The van der Waals surface area contributed by atoms with Crippen molar-refractivity contribution in [2.45, 2.75) is 44.5 Å². The third kappa shape index (κ3) is 6.68. The molecule has 222 valence electrons. The standard InChI is InChI=1S/C32H35N7O4/c1-41-21-43-20-23-15-28-31(34-17-23)37-32(39(28)19-22-6-11-27(42-2)12-7-22)36-25-9-8-24(16-25)35-29-13-10-26(18-33-29)38-14-4-3-5-30(38)40/h3-7,10-15,17-18,24-25H,8-9,16,19-21H2,1-2H3,(H,33,35)(H,34,36,37)/t24-,25-/m0/s1. The fourth-order valence-corrected chi connectivity index (χ4v) is 5.44. The number of hydrogen-bond acceptors (Lipinski definition) is 9. The average Bonchev–Trinajstić information content (AvgIpc) is 3.62. The molecule has 0 aliphatic heterocycles. The Kier molecular flexibility index (Phi) is 8.62. The van der Waals surface area contributed by atoms with E-state index in [1.807, 2.05) is 30.3 Å². The highest BCUT2D eigenvalue weighted by molar-refractivity contribution is 5.75. The molecule has 0 unspecified atom stereocenters. The summed E-state index contributed by atoms with van der Waals surface area (Å²) in [6.45, 7) is 1.25. The van der Waals surface area contributed by atoms with Gasteiger partial charge >= 0.3 is 0 Å². The van der Waals surface area contributed by atoms with E-state index >= 15 is 0 Å². The minimum atomic E-state index is -0.0846. The Morgan fingerprint density at radius 1 is 0.930 bits per heavy atom. The Hall–Kier alpha value is -4.74. The van der Waals surface area contributed by atoms with Gasteiger partial charge < -0.3 is 29.4 Å². The Balaban J connectivity index is 1.17. The van der Waals surface area contributed by atoms with Gasteiger partial charge in [0.2, 0.25) is 5.95 Å². The zero-order valence-electron chi connectivity index (χ0n) is 24.3. The first-order valence-corrected chi connectivity index (χ1v) is 14.3. The van der Waals surface area contributed by atoms with Crippen molar-refractivity contribution >= 4 is 22.9 Å². The Labute approximate surface area is 249 Å². The number of nitrogens with one attached hydrogen (secondary N) is 2. The lowest BCUT2D eigenvalue weighted by Gasteiger charge is -2.17. The van der Waals surface area contributed by atoms with Crippen molar-refractivity contribution in [1.82, 2.24) is 24.1 Å². The summed E-state index contributed by atoms with van der Waals surface area (Å²) >= 11 is 0. The lowest BCUT2D eigenvalue weighted by Crippen LogP contribution is -2.23. The van der Waals surface area contributed by atoms with Gasteiger partial charge in [-0.1, -0.05) is 18.2 Å². The number of hydrogen-bond donors (Lipinski definition) is 2. The van der Waals surface area contributed by atoms with Gasteiger partial charge in [-0.15, -0.1) is 0 Å². The van der Waals surface area contributed by atoms with Crippen LogP contribution in [0.15, 0.2) is 84.0 Å².